The van der Waals surface area contributed by atoms with Crippen molar-refractivity contribution in [1.82, 2.24) is 8.75 Å². The summed E-state index contributed by atoms with van der Waals surface area (Å²) in [5.41, 5.74) is 2.83. The number of aromatic nitrogens is 2. The van der Waals surface area contributed by atoms with Gasteiger partial charge >= 0.3 is 0 Å². The standard InChI is InChI=1S/C18H17N3O3S/c1-12-17(21-25-20-12)11-24-16-8-3-5-13(9-16)18(22)19-14-6-4-7-15(10-14)23-2/h3-10H,11H2,1-2H3,(H,19,22). The second-order valence-electron chi connectivity index (χ2n) is 5.30. The summed E-state index contributed by atoms with van der Waals surface area (Å²) in [5, 5.41) is 2.84. The number of carbonyl (C=O) groups is 1. The molecule has 0 aliphatic rings. The highest BCUT2D eigenvalue weighted by molar-refractivity contribution is 6.99. The fraction of sp³-hybridized carbons (Fsp3) is 0.167. The Labute approximate surface area is 149 Å². The fourth-order valence-electron chi connectivity index (χ4n) is 2.16. The first kappa shape index (κ1) is 16.9. The zero-order chi connectivity index (χ0) is 17.6. The summed E-state index contributed by atoms with van der Waals surface area (Å²) in [6.45, 7) is 2.21. The SMILES string of the molecule is COc1cccc(NC(=O)c2cccc(OCc3nsnc3C)c2)c1. The second kappa shape index (κ2) is 7.76. The molecule has 0 spiro atoms. The summed E-state index contributed by atoms with van der Waals surface area (Å²) in [6.07, 6.45) is 0. The number of nitrogens with one attached hydrogen (secondary N) is 1. The van der Waals surface area contributed by atoms with Gasteiger partial charge in [-0.15, -0.1) is 0 Å². The predicted molar refractivity (Wildman–Crippen MR) is 96.4 cm³/mol. The van der Waals surface area contributed by atoms with Crippen LogP contribution in [-0.2, 0) is 6.61 Å². The van der Waals surface area contributed by atoms with Gasteiger partial charge in [0.1, 0.15) is 23.8 Å². The van der Waals surface area contributed by atoms with Crippen LogP contribution in [0.3, 0.4) is 0 Å². The molecule has 0 aliphatic heterocycles. The van der Waals surface area contributed by atoms with E-state index in [4.69, 9.17) is 9.47 Å². The molecule has 0 fully saturated rings. The molecule has 0 saturated heterocycles. The molecule has 3 aromatic rings. The van der Waals surface area contributed by atoms with Crippen molar-refractivity contribution < 1.29 is 14.3 Å². The molecule has 1 amide bonds. The third-order valence-corrected chi connectivity index (χ3v) is 4.20. The minimum Gasteiger partial charge on any atom is -0.497 e. The van der Waals surface area contributed by atoms with E-state index in [2.05, 4.69) is 14.1 Å². The van der Waals surface area contributed by atoms with Gasteiger partial charge in [0.25, 0.3) is 5.91 Å². The van der Waals surface area contributed by atoms with E-state index < -0.39 is 0 Å². The molecule has 0 radical (unpaired) electrons. The number of anilines is 1. The minimum atomic E-state index is -0.217. The van der Waals surface area contributed by atoms with E-state index in [-0.39, 0.29) is 5.91 Å². The quantitative estimate of drug-likeness (QED) is 0.730. The summed E-state index contributed by atoms with van der Waals surface area (Å²) in [5.74, 6) is 1.07. The molecule has 0 bridgehead atoms. The number of ether oxygens (including phenoxy) is 2. The van der Waals surface area contributed by atoms with Gasteiger partial charge in [-0.25, -0.2) is 0 Å². The van der Waals surface area contributed by atoms with Crippen molar-refractivity contribution in [3.8, 4) is 11.5 Å². The van der Waals surface area contributed by atoms with E-state index in [0.717, 1.165) is 23.1 Å². The van der Waals surface area contributed by atoms with Crippen LogP contribution in [0, 0.1) is 6.92 Å². The smallest absolute Gasteiger partial charge is 0.255 e. The van der Waals surface area contributed by atoms with Crippen molar-refractivity contribution in [2.75, 3.05) is 12.4 Å². The van der Waals surface area contributed by atoms with Gasteiger partial charge in [-0.1, -0.05) is 12.1 Å². The zero-order valence-electron chi connectivity index (χ0n) is 13.9. The van der Waals surface area contributed by atoms with E-state index in [1.807, 2.05) is 19.1 Å². The van der Waals surface area contributed by atoms with E-state index >= 15 is 0 Å². The Kier molecular flexibility index (Phi) is 5.25. The van der Waals surface area contributed by atoms with Crippen LogP contribution in [0.4, 0.5) is 5.69 Å². The van der Waals surface area contributed by atoms with Crippen LogP contribution in [0.25, 0.3) is 0 Å². The lowest BCUT2D eigenvalue weighted by molar-refractivity contribution is 0.102. The lowest BCUT2D eigenvalue weighted by atomic mass is 10.2. The van der Waals surface area contributed by atoms with Gasteiger partial charge < -0.3 is 14.8 Å². The van der Waals surface area contributed by atoms with Crippen molar-refractivity contribution in [2.24, 2.45) is 0 Å². The number of benzene rings is 2. The zero-order valence-corrected chi connectivity index (χ0v) is 14.7. The van der Waals surface area contributed by atoms with Gasteiger partial charge in [0.15, 0.2) is 0 Å². The molecule has 0 atom stereocenters. The number of nitrogens with zero attached hydrogens (tertiary/aromatic N) is 2. The third-order valence-electron chi connectivity index (χ3n) is 3.55. The summed E-state index contributed by atoms with van der Waals surface area (Å²) < 4.78 is 19.2. The largest absolute Gasteiger partial charge is 0.497 e. The van der Waals surface area contributed by atoms with Gasteiger partial charge in [-0.05, 0) is 37.3 Å². The van der Waals surface area contributed by atoms with Crippen LogP contribution in [0.15, 0.2) is 48.5 Å². The normalized spacial score (nSPS) is 10.3. The first-order chi connectivity index (χ1) is 12.2. The highest BCUT2D eigenvalue weighted by atomic mass is 32.1. The van der Waals surface area contributed by atoms with Crippen LogP contribution in [0.1, 0.15) is 21.7 Å². The molecule has 25 heavy (non-hydrogen) atoms. The van der Waals surface area contributed by atoms with Gasteiger partial charge in [-0.2, -0.15) is 8.75 Å². The third kappa shape index (κ3) is 4.33. The monoisotopic (exact) mass is 355 g/mol. The lowest BCUT2D eigenvalue weighted by Crippen LogP contribution is -2.12. The van der Waals surface area contributed by atoms with Crippen LogP contribution < -0.4 is 14.8 Å². The van der Waals surface area contributed by atoms with Gasteiger partial charge in [0, 0.05) is 17.3 Å². The molecule has 0 aliphatic carbocycles. The van der Waals surface area contributed by atoms with Gasteiger partial charge in [0.05, 0.1) is 24.5 Å². The molecule has 0 saturated carbocycles. The summed E-state index contributed by atoms with van der Waals surface area (Å²) in [6, 6.07) is 14.2. The molecule has 3 rings (SSSR count). The fourth-order valence-corrected chi connectivity index (χ4v) is 2.72. The van der Waals surface area contributed by atoms with Gasteiger partial charge in [0.2, 0.25) is 0 Å². The molecule has 6 nitrogen and oxygen atoms in total. The number of methoxy groups -OCH3 is 1. The summed E-state index contributed by atoms with van der Waals surface area (Å²) >= 11 is 1.16. The van der Waals surface area contributed by atoms with Crippen LogP contribution >= 0.6 is 11.7 Å². The number of hydrogen-bond donors (Lipinski definition) is 1. The molecular weight excluding hydrogens is 338 g/mol. The molecule has 0 unspecified atom stereocenters. The Morgan fingerprint density at radius 2 is 1.92 bits per heavy atom. The Balaban J connectivity index is 1.67. The van der Waals surface area contributed by atoms with E-state index in [0.29, 0.717) is 29.4 Å². The second-order valence-corrected chi connectivity index (χ2v) is 5.83. The maximum atomic E-state index is 12.4. The number of hydrogen-bond acceptors (Lipinski definition) is 6. The summed E-state index contributed by atoms with van der Waals surface area (Å²) in [7, 11) is 1.58. The van der Waals surface area contributed by atoms with E-state index in [1.165, 1.54) is 0 Å². The highest BCUT2D eigenvalue weighted by Crippen LogP contribution is 2.20. The van der Waals surface area contributed by atoms with Crippen LogP contribution in [0.2, 0.25) is 0 Å². The highest BCUT2D eigenvalue weighted by Gasteiger charge is 2.09. The molecule has 1 N–H and O–H groups in total. The summed E-state index contributed by atoms with van der Waals surface area (Å²) in [4.78, 5) is 12.4. The first-order valence-corrected chi connectivity index (χ1v) is 8.35. The van der Waals surface area contributed by atoms with E-state index in [9.17, 15) is 4.79 Å². The molecule has 1 heterocycles. The Morgan fingerprint density at radius 3 is 2.68 bits per heavy atom. The number of amides is 1. The number of rotatable bonds is 6. The van der Waals surface area contributed by atoms with Crippen molar-refractivity contribution in [1.29, 1.82) is 0 Å². The van der Waals surface area contributed by atoms with E-state index in [1.54, 1.807) is 43.5 Å². The molecular formula is C18H17N3O3S. The van der Waals surface area contributed by atoms with Crippen molar-refractivity contribution in [3.05, 3.63) is 65.5 Å². The van der Waals surface area contributed by atoms with Crippen molar-refractivity contribution >= 4 is 23.3 Å². The van der Waals surface area contributed by atoms with Crippen LogP contribution in [0.5, 0.6) is 11.5 Å². The van der Waals surface area contributed by atoms with Crippen molar-refractivity contribution in [2.45, 2.75) is 13.5 Å². The average molecular weight is 355 g/mol. The maximum Gasteiger partial charge on any atom is 0.255 e. The Bertz CT molecular complexity index is 879. The topological polar surface area (TPSA) is 73.3 Å². The Hall–Kier alpha value is -2.93. The average Bonchev–Trinajstić information content (AvgIpc) is 3.05. The lowest BCUT2D eigenvalue weighted by Gasteiger charge is -2.09. The molecule has 2 aromatic carbocycles. The number of carbonyl (C=O) groups excluding carboxylic acids is 1. The minimum absolute atomic E-state index is 0.217. The van der Waals surface area contributed by atoms with Crippen molar-refractivity contribution in [3.63, 3.8) is 0 Å². The molecule has 1 aromatic heterocycles. The predicted octanol–water partition coefficient (Wildman–Crippen LogP) is 3.69. The van der Waals surface area contributed by atoms with Gasteiger partial charge in [-0.3, -0.25) is 4.79 Å². The first-order valence-electron chi connectivity index (χ1n) is 7.62. The Morgan fingerprint density at radius 1 is 1.12 bits per heavy atom. The molecule has 128 valence electrons. The van der Waals surface area contributed by atoms with Crippen LogP contribution in [-0.4, -0.2) is 21.8 Å². The maximum absolute atomic E-state index is 12.4. The number of aryl methyl sites for hydroxylation is 1. The molecule has 7 heteroatoms.